The Bertz CT molecular complexity index is 618. The van der Waals surface area contributed by atoms with Gasteiger partial charge in [-0.15, -0.1) is 0 Å². The Balaban J connectivity index is 1.95. The lowest BCUT2D eigenvalue weighted by Crippen LogP contribution is -2.16. The molecule has 2 heterocycles. The van der Waals surface area contributed by atoms with E-state index in [9.17, 15) is 4.79 Å². The van der Waals surface area contributed by atoms with Crippen LogP contribution < -0.4 is 5.32 Å². The van der Waals surface area contributed by atoms with Crippen molar-refractivity contribution in [2.75, 3.05) is 11.1 Å². The summed E-state index contributed by atoms with van der Waals surface area (Å²) >= 11 is 1.30. The topological polar surface area (TPSA) is 72.7 Å². The van der Waals surface area contributed by atoms with Gasteiger partial charge in [-0.3, -0.25) is 9.48 Å². The van der Waals surface area contributed by atoms with Crippen molar-refractivity contribution in [2.45, 2.75) is 31.3 Å². The van der Waals surface area contributed by atoms with Crippen molar-refractivity contribution in [3.05, 3.63) is 30.2 Å². The van der Waals surface area contributed by atoms with Crippen LogP contribution in [0.15, 0.2) is 29.7 Å². The highest BCUT2D eigenvalue weighted by Gasteiger charge is 2.19. The number of thioether (sulfide) groups is 1. The average Bonchev–Trinajstić information content (AvgIpc) is 2.79. The van der Waals surface area contributed by atoms with Gasteiger partial charge in [0.1, 0.15) is 5.82 Å². The van der Waals surface area contributed by atoms with Gasteiger partial charge < -0.3 is 5.32 Å². The lowest BCUT2D eigenvalue weighted by Gasteiger charge is -2.13. The predicted molar refractivity (Wildman–Crippen MR) is 83.3 cm³/mol. The van der Waals surface area contributed by atoms with Gasteiger partial charge in [0.2, 0.25) is 5.91 Å². The van der Waals surface area contributed by atoms with Gasteiger partial charge in [0, 0.05) is 30.9 Å². The molecule has 2 aromatic rings. The number of carbonyl (C=O) groups excluding carboxylic acids is 1. The van der Waals surface area contributed by atoms with Crippen molar-refractivity contribution in [2.24, 2.45) is 7.05 Å². The van der Waals surface area contributed by atoms with Crippen molar-refractivity contribution < 1.29 is 4.79 Å². The molecule has 0 radical (unpaired) electrons. The highest BCUT2D eigenvalue weighted by Crippen LogP contribution is 2.23. The van der Waals surface area contributed by atoms with E-state index < -0.39 is 0 Å². The second-order valence-electron chi connectivity index (χ2n) is 5.66. The molecule has 0 spiro atoms. The third-order valence-corrected chi connectivity index (χ3v) is 3.67. The Kier molecular flexibility index (Phi) is 4.62. The van der Waals surface area contributed by atoms with E-state index in [-0.39, 0.29) is 17.1 Å². The zero-order chi connectivity index (χ0) is 15.5. The van der Waals surface area contributed by atoms with E-state index in [1.165, 1.54) is 11.8 Å². The summed E-state index contributed by atoms with van der Waals surface area (Å²) in [5.74, 6) is 0.857. The number of aryl methyl sites for hydroxylation is 1. The van der Waals surface area contributed by atoms with Gasteiger partial charge in [0.05, 0.1) is 11.4 Å². The van der Waals surface area contributed by atoms with Gasteiger partial charge in [0.15, 0.2) is 5.16 Å². The molecule has 0 aliphatic rings. The standard InChI is InChI=1S/C14H19N5OS/c1-14(2,3)10-8-11(19(4)18-10)17-12(20)9-21-13-15-6-5-7-16-13/h5-8H,9H2,1-4H3,(H,17,20). The van der Waals surface area contributed by atoms with E-state index in [0.29, 0.717) is 11.0 Å². The third-order valence-electron chi connectivity index (χ3n) is 2.79. The first-order chi connectivity index (χ1) is 9.86. The number of nitrogens with one attached hydrogen (secondary N) is 1. The molecule has 0 saturated heterocycles. The van der Waals surface area contributed by atoms with Crippen LogP contribution in [-0.4, -0.2) is 31.4 Å². The van der Waals surface area contributed by atoms with Crippen LogP contribution in [0, 0.1) is 0 Å². The number of aromatic nitrogens is 4. The highest BCUT2D eigenvalue weighted by molar-refractivity contribution is 7.99. The van der Waals surface area contributed by atoms with Crippen LogP contribution in [-0.2, 0) is 17.3 Å². The number of rotatable bonds is 4. The maximum atomic E-state index is 12.0. The zero-order valence-electron chi connectivity index (χ0n) is 12.6. The van der Waals surface area contributed by atoms with Gasteiger partial charge in [0.25, 0.3) is 0 Å². The largest absolute Gasteiger partial charge is 0.310 e. The first-order valence-corrected chi connectivity index (χ1v) is 7.59. The van der Waals surface area contributed by atoms with Crippen molar-refractivity contribution in [1.82, 2.24) is 19.7 Å². The summed E-state index contributed by atoms with van der Waals surface area (Å²) in [5, 5.41) is 7.87. The molecule has 0 saturated carbocycles. The van der Waals surface area contributed by atoms with Crippen LogP contribution >= 0.6 is 11.8 Å². The molecule has 1 amide bonds. The summed E-state index contributed by atoms with van der Waals surface area (Å²) in [6.07, 6.45) is 3.31. The molecule has 21 heavy (non-hydrogen) atoms. The highest BCUT2D eigenvalue weighted by atomic mass is 32.2. The Labute approximate surface area is 128 Å². The van der Waals surface area contributed by atoms with Gasteiger partial charge >= 0.3 is 0 Å². The second-order valence-corrected chi connectivity index (χ2v) is 6.60. The lowest BCUT2D eigenvalue weighted by atomic mass is 9.92. The molecule has 0 aliphatic carbocycles. The molecule has 7 heteroatoms. The van der Waals surface area contributed by atoms with Crippen LogP contribution in [0.4, 0.5) is 5.82 Å². The Morgan fingerprint density at radius 3 is 2.57 bits per heavy atom. The van der Waals surface area contributed by atoms with E-state index >= 15 is 0 Å². The molecule has 112 valence electrons. The number of carbonyl (C=O) groups is 1. The van der Waals surface area contributed by atoms with E-state index in [4.69, 9.17) is 0 Å². The summed E-state index contributed by atoms with van der Waals surface area (Å²) in [7, 11) is 1.82. The molecule has 0 bridgehead atoms. The maximum absolute atomic E-state index is 12.0. The summed E-state index contributed by atoms with van der Waals surface area (Å²) in [6.45, 7) is 6.26. The molecule has 0 unspecified atom stereocenters. The van der Waals surface area contributed by atoms with Gasteiger partial charge in [-0.05, 0) is 6.07 Å². The molecule has 1 N–H and O–H groups in total. The van der Waals surface area contributed by atoms with E-state index in [0.717, 1.165) is 5.69 Å². The van der Waals surface area contributed by atoms with Gasteiger partial charge in [-0.1, -0.05) is 32.5 Å². The normalized spacial score (nSPS) is 11.4. The summed E-state index contributed by atoms with van der Waals surface area (Å²) in [5.41, 5.74) is 0.896. The fourth-order valence-corrected chi connectivity index (χ4v) is 2.22. The Morgan fingerprint density at radius 2 is 2.00 bits per heavy atom. The number of hydrogen-bond acceptors (Lipinski definition) is 5. The molecular weight excluding hydrogens is 286 g/mol. The second kappa shape index (κ2) is 6.26. The van der Waals surface area contributed by atoms with E-state index in [2.05, 4.69) is 41.2 Å². The fourth-order valence-electron chi connectivity index (χ4n) is 1.62. The van der Waals surface area contributed by atoms with Crippen molar-refractivity contribution in [3.63, 3.8) is 0 Å². The summed E-state index contributed by atoms with van der Waals surface area (Å²) in [4.78, 5) is 20.1. The molecule has 0 aromatic carbocycles. The third kappa shape index (κ3) is 4.29. The maximum Gasteiger partial charge on any atom is 0.235 e. The lowest BCUT2D eigenvalue weighted by molar-refractivity contribution is -0.113. The van der Waals surface area contributed by atoms with Gasteiger partial charge in [-0.2, -0.15) is 5.10 Å². The molecular formula is C14H19N5OS. The zero-order valence-corrected chi connectivity index (χ0v) is 13.4. The minimum absolute atomic E-state index is 0.0482. The Morgan fingerprint density at radius 1 is 1.33 bits per heavy atom. The van der Waals surface area contributed by atoms with E-state index in [1.807, 2.05) is 13.1 Å². The van der Waals surface area contributed by atoms with Crippen molar-refractivity contribution in [1.29, 1.82) is 0 Å². The molecule has 2 aromatic heterocycles. The summed E-state index contributed by atoms with van der Waals surface area (Å²) in [6, 6.07) is 3.65. The van der Waals surface area contributed by atoms with Crippen molar-refractivity contribution in [3.8, 4) is 0 Å². The SMILES string of the molecule is Cn1nc(C(C)(C)C)cc1NC(=O)CSc1ncccn1. The first-order valence-electron chi connectivity index (χ1n) is 6.60. The van der Waals surface area contributed by atoms with Crippen LogP contribution in [0.2, 0.25) is 0 Å². The van der Waals surface area contributed by atoms with Crippen LogP contribution in [0.1, 0.15) is 26.5 Å². The number of hydrogen-bond donors (Lipinski definition) is 1. The molecule has 0 atom stereocenters. The predicted octanol–water partition coefficient (Wildman–Crippen LogP) is 2.24. The Hall–Kier alpha value is -1.89. The van der Waals surface area contributed by atoms with Crippen LogP contribution in [0.3, 0.4) is 0 Å². The average molecular weight is 305 g/mol. The minimum Gasteiger partial charge on any atom is -0.310 e. The minimum atomic E-state index is -0.101. The molecule has 0 fully saturated rings. The smallest absolute Gasteiger partial charge is 0.235 e. The quantitative estimate of drug-likeness (QED) is 0.693. The van der Waals surface area contributed by atoms with Crippen LogP contribution in [0.25, 0.3) is 0 Å². The molecule has 2 rings (SSSR count). The number of nitrogens with zero attached hydrogens (tertiary/aromatic N) is 4. The molecule has 0 aliphatic heterocycles. The van der Waals surface area contributed by atoms with Crippen molar-refractivity contribution >= 4 is 23.5 Å². The monoisotopic (exact) mass is 305 g/mol. The van der Waals surface area contributed by atoms with E-state index in [1.54, 1.807) is 23.1 Å². The number of amides is 1. The van der Waals surface area contributed by atoms with Gasteiger partial charge in [-0.25, -0.2) is 9.97 Å². The summed E-state index contributed by atoms with van der Waals surface area (Å²) < 4.78 is 1.68. The molecule has 6 nitrogen and oxygen atoms in total. The van der Waals surface area contributed by atoms with Crippen LogP contribution in [0.5, 0.6) is 0 Å². The number of anilines is 1. The fraction of sp³-hybridized carbons (Fsp3) is 0.429. The first kappa shape index (κ1) is 15.5.